The van der Waals surface area contributed by atoms with Gasteiger partial charge in [-0.15, -0.1) is 0 Å². The van der Waals surface area contributed by atoms with E-state index >= 15 is 0 Å². The number of aryl methyl sites for hydroxylation is 1. The molecule has 92 valence electrons. The molecule has 0 radical (unpaired) electrons. The van der Waals surface area contributed by atoms with Gasteiger partial charge in [0.15, 0.2) is 0 Å². The second-order valence-corrected chi connectivity index (χ2v) is 4.48. The third-order valence-electron chi connectivity index (χ3n) is 2.53. The van der Waals surface area contributed by atoms with Crippen molar-refractivity contribution < 1.29 is 4.74 Å². The van der Waals surface area contributed by atoms with E-state index in [4.69, 9.17) is 16.3 Å². The maximum Gasteiger partial charge on any atom is 0.0817 e. The van der Waals surface area contributed by atoms with E-state index in [-0.39, 0.29) is 0 Å². The molecule has 0 aromatic carbocycles. The van der Waals surface area contributed by atoms with Gasteiger partial charge in [0, 0.05) is 20.7 Å². The SMILES string of the molecule is COCCNCC(C)Cc1c(Cl)cnn1C. The number of nitrogens with zero attached hydrogens (tertiary/aromatic N) is 2. The first-order valence-electron chi connectivity index (χ1n) is 5.51. The Balaban J connectivity index is 2.31. The number of rotatable bonds is 7. The van der Waals surface area contributed by atoms with Crippen molar-refractivity contribution >= 4 is 11.6 Å². The van der Waals surface area contributed by atoms with Crippen LogP contribution in [0.3, 0.4) is 0 Å². The lowest BCUT2D eigenvalue weighted by molar-refractivity contribution is 0.198. The topological polar surface area (TPSA) is 39.1 Å². The Morgan fingerprint density at radius 1 is 1.62 bits per heavy atom. The molecule has 0 fully saturated rings. The zero-order valence-corrected chi connectivity index (χ0v) is 10.9. The number of halogens is 1. The van der Waals surface area contributed by atoms with Crippen LogP contribution < -0.4 is 5.32 Å². The molecule has 16 heavy (non-hydrogen) atoms. The summed E-state index contributed by atoms with van der Waals surface area (Å²) in [7, 11) is 3.63. The van der Waals surface area contributed by atoms with Gasteiger partial charge >= 0.3 is 0 Å². The van der Waals surface area contributed by atoms with Crippen LogP contribution >= 0.6 is 11.6 Å². The van der Waals surface area contributed by atoms with Gasteiger partial charge in [0.2, 0.25) is 0 Å². The molecule has 0 saturated heterocycles. The Labute approximate surface area is 102 Å². The van der Waals surface area contributed by atoms with Gasteiger partial charge in [0.05, 0.1) is 23.5 Å². The number of aromatic nitrogens is 2. The van der Waals surface area contributed by atoms with Gasteiger partial charge < -0.3 is 10.1 Å². The van der Waals surface area contributed by atoms with Crippen LogP contribution in [0.25, 0.3) is 0 Å². The molecular formula is C11H20ClN3O. The van der Waals surface area contributed by atoms with E-state index in [1.54, 1.807) is 13.3 Å². The molecule has 0 saturated carbocycles. The van der Waals surface area contributed by atoms with E-state index in [9.17, 15) is 0 Å². The van der Waals surface area contributed by atoms with Crippen molar-refractivity contribution in [2.45, 2.75) is 13.3 Å². The first-order valence-corrected chi connectivity index (χ1v) is 5.89. The van der Waals surface area contributed by atoms with Gasteiger partial charge in [0.25, 0.3) is 0 Å². The molecule has 1 atom stereocenters. The normalized spacial score (nSPS) is 13.0. The molecule has 1 aromatic rings. The molecule has 4 nitrogen and oxygen atoms in total. The van der Waals surface area contributed by atoms with Crippen LogP contribution in [0.5, 0.6) is 0 Å². The lowest BCUT2D eigenvalue weighted by Crippen LogP contribution is -2.26. The van der Waals surface area contributed by atoms with Crippen molar-refractivity contribution in [2.24, 2.45) is 13.0 Å². The van der Waals surface area contributed by atoms with Gasteiger partial charge in [-0.05, 0) is 18.9 Å². The number of nitrogens with one attached hydrogen (secondary N) is 1. The second-order valence-electron chi connectivity index (χ2n) is 4.07. The van der Waals surface area contributed by atoms with Crippen molar-refractivity contribution in [1.29, 1.82) is 0 Å². The van der Waals surface area contributed by atoms with Crippen molar-refractivity contribution in [3.63, 3.8) is 0 Å². The lowest BCUT2D eigenvalue weighted by Gasteiger charge is -2.12. The quantitative estimate of drug-likeness (QED) is 0.740. The highest BCUT2D eigenvalue weighted by atomic mass is 35.5. The zero-order valence-electron chi connectivity index (χ0n) is 10.2. The second kappa shape index (κ2) is 6.89. The molecule has 0 bridgehead atoms. The Bertz CT molecular complexity index is 295. The molecule has 0 aliphatic carbocycles. The van der Waals surface area contributed by atoms with Gasteiger partial charge in [-0.1, -0.05) is 18.5 Å². The third-order valence-corrected chi connectivity index (χ3v) is 2.84. The summed E-state index contributed by atoms with van der Waals surface area (Å²) >= 11 is 6.05. The molecule has 1 aromatic heterocycles. The van der Waals surface area contributed by atoms with Gasteiger partial charge in [-0.3, -0.25) is 4.68 Å². The summed E-state index contributed by atoms with van der Waals surface area (Å²) in [5.41, 5.74) is 1.10. The fraction of sp³-hybridized carbons (Fsp3) is 0.727. The van der Waals surface area contributed by atoms with Gasteiger partial charge in [0.1, 0.15) is 0 Å². The molecule has 0 amide bonds. The van der Waals surface area contributed by atoms with Crippen molar-refractivity contribution in [3.05, 3.63) is 16.9 Å². The van der Waals surface area contributed by atoms with Crippen LogP contribution in [-0.2, 0) is 18.2 Å². The van der Waals surface area contributed by atoms with Crippen LogP contribution in [-0.4, -0.2) is 36.6 Å². The fourth-order valence-electron chi connectivity index (χ4n) is 1.59. The van der Waals surface area contributed by atoms with Crippen LogP contribution in [0.1, 0.15) is 12.6 Å². The molecule has 1 N–H and O–H groups in total. The van der Waals surface area contributed by atoms with E-state index in [0.717, 1.165) is 36.8 Å². The first-order chi connectivity index (χ1) is 7.65. The van der Waals surface area contributed by atoms with Crippen molar-refractivity contribution in [1.82, 2.24) is 15.1 Å². The van der Waals surface area contributed by atoms with E-state index in [1.165, 1.54) is 0 Å². The minimum Gasteiger partial charge on any atom is -0.383 e. The molecule has 1 unspecified atom stereocenters. The summed E-state index contributed by atoms with van der Waals surface area (Å²) in [5, 5.41) is 8.22. The smallest absolute Gasteiger partial charge is 0.0817 e. The summed E-state index contributed by atoms with van der Waals surface area (Å²) in [6.45, 7) is 4.80. The van der Waals surface area contributed by atoms with Crippen molar-refractivity contribution in [3.8, 4) is 0 Å². The number of ether oxygens (including phenoxy) is 1. The van der Waals surface area contributed by atoms with Gasteiger partial charge in [-0.25, -0.2) is 0 Å². The average Bonchev–Trinajstić information content (AvgIpc) is 2.56. The molecular weight excluding hydrogens is 226 g/mol. The largest absolute Gasteiger partial charge is 0.383 e. The van der Waals surface area contributed by atoms with Gasteiger partial charge in [-0.2, -0.15) is 5.10 Å². The predicted octanol–water partition coefficient (Wildman–Crippen LogP) is 1.49. The lowest BCUT2D eigenvalue weighted by atomic mass is 10.1. The Morgan fingerprint density at radius 3 is 2.94 bits per heavy atom. The maximum atomic E-state index is 6.05. The van der Waals surface area contributed by atoms with Crippen LogP contribution in [0.15, 0.2) is 6.20 Å². The Hall–Kier alpha value is -0.580. The minimum absolute atomic E-state index is 0.532. The minimum atomic E-state index is 0.532. The summed E-state index contributed by atoms with van der Waals surface area (Å²) in [4.78, 5) is 0. The highest BCUT2D eigenvalue weighted by Gasteiger charge is 2.10. The molecule has 0 aliphatic heterocycles. The van der Waals surface area contributed by atoms with Crippen LogP contribution in [0.2, 0.25) is 5.02 Å². The Morgan fingerprint density at radius 2 is 2.38 bits per heavy atom. The predicted molar refractivity (Wildman–Crippen MR) is 65.8 cm³/mol. The molecule has 1 heterocycles. The zero-order chi connectivity index (χ0) is 12.0. The van der Waals surface area contributed by atoms with Crippen LogP contribution in [0.4, 0.5) is 0 Å². The first kappa shape index (κ1) is 13.5. The highest BCUT2D eigenvalue weighted by molar-refractivity contribution is 6.31. The maximum absolute atomic E-state index is 6.05. The average molecular weight is 246 g/mol. The fourth-order valence-corrected chi connectivity index (χ4v) is 1.83. The number of hydrogen-bond acceptors (Lipinski definition) is 3. The summed E-state index contributed by atoms with van der Waals surface area (Å²) in [6, 6.07) is 0. The molecule has 5 heteroatoms. The monoisotopic (exact) mass is 245 g/mol. The van der Waals surface area contributed by atoms with E-state index in [0.29, 0.717) is 5.92 Å². The standard InChI is InChI=1S/C11H20ClN3O/c1-9(7-13-4-5-16-3)6-11-10(12)8-14-15(11)2/h8-9,13H,4-7H2,1-3H3. The molecule has 1 rings (SSSR count). The summed E-state index contributed by atoms with van der Waals surface area (Å²) in [5.74, 6) is 0.532. The number of methoxy groups -OCH3 is 1. The van der Waals surface area contributed by atoms with E-state index in [1.807, 2.05) is 11.7 Å². The summed E-state index contributed by atoms with van der Waals surface area (Å²) < 4.78 is 6.81. The highest BCUT2D eigenvalue weighted by Crippen LogP contribution is 2.17. The van der Waals surface area contributed by atoms with Crippen LogP contribution in [0, 0.1) is 5.92 Å². The number of hydrogen-bond donors (Lipinski definition) is 1. The Kier molecular flexibility index (Phi) is 5.80. The molecule has 0 spiro atoms. The summed E-state index contributed by atoms with van der Waals surface area (Å²) in [6.07, 6.45) is 2.64. The molecule has 0 aliphatic rings. The van der Waals surface area contributed by atoms with Crippen molar-refractivity contribution in [2.75, 3.05) is 26.8 Å². The van der Waals surface area contributed by atoms with E-state index < -0.39 is 0 Å². The third kappa shape index (κ3) is 4.12. The van der Waals surface area contributed by atoms with E-state index in [2.05, 4.69) is 17.3 Å².